The monoisotopic (exact) mass is 278 g/mol. The van der Waals surface area contributed by atoms with E-state index < -0.39 is 0 Å². The molecule has 0 aliphatic carbocycles. The van der Waals surface area contributed by atoms with Crippen molar-refractivity contribution in [2.24, 2.45) is 0 Å². The van der Waals surface area contributed by atoms with Crippen LogP contribution in [0.3, 0.4) is 0 Å². The third-order valence-electron chi connectivity index (χ3n) is 3.49. The molecule has 0 amide bonds. The van der Waals surface area contributed by atoms with Crippen LogP contribution in [0.4, 0.5) is 0 Å². The Balaban J connectivity index is 2.02. The van der Waals surface area contributed by atoms with Crippen molar-refractivity contribution in [3.8, 4) is 5.69 Å². The Morgan fingerprint density at radius 2 is 1.89 bits per heavy atom. The first-order valence-electron chi connectivity index (χ1n) is 6.39. The Bertz CT molecular complexity index is 610. The first-order chi connectivity index (χ1) is 9.25. The standard InChI is InChI=1S/C13H15ClN4O/c14-10-1-3-11(4-2-10)18-12(16-17-13(18)19)9-5-7-15-8-6-9/h1-4,9,15H,5-8H2,(H,17,19). The summed E-state index contributed by atoms with van der Waals surface area (Å²) >= 11 is 5.88. The van der Waals surface area contributed by atoms with Gasteiger partial charge in [-0.1, -0.05) is 11.6 Å². The number of benzene rings is 1. The molecule has 2 heterocycles. The molecule has 0 unspecified atom stereocenters. The molecule has 1 aromatic heterocycles. The highest BCUT2D eigenvalue weighted by atomic mass is 35.5. The minimum absolute atomic E-state index is 0.198. The first-order valence-corrected chi connectivity index (χ1v) is 6.77. The second kappa shape index (κ2) is 5.19. The second-order valence-electron chi connectivity index (χ2n) is 4.72. The molecular weight excluding hydrogens is 264 g/mol. The fourth-order valence-electron chi connectivity index (χ4n) is 2.50. The van der Waals surface area contributed by atoms with Gasteiger partial charge in [0.15, 0.2) is 0 Å². The summed E-state index contributed by atoms with van der Waals surface area (Å²) in [6.45, 7) is 1.93. The number of halogens is 1. The van der Waals surface area contributed by atoms with Gasteiger partial charge in [0.25, 0.3) is 0 Å². The largest absolute Gasteiger partial charge is 0.347 e. The zero-order valence-electron chi connectivity index (χ0n) is 10.4. The van der Waals surface area contributed by atoms with Crippen LogP contribution < -0.4 is 11.0 Å². The number of hydrogen-bond donors (Lipinski definition) is 2. The molecule has 2 N–H and O–H groups in total. The molecule has 1 fully saturated rings. The summed E-state index contributed by atoms with van der Waals surface area (Å²) in [4.78, 5) is 12.0. The molecule has 0 bridgehead atoms. The van der Waals surface area contributed by atoms with Gasteiger partial charge in [-0.15, -0.1) is 0 Å². The minimum atomic E-state index is -0.198. The zero-order valence-corrected chi connectivity index (χ0v) is 11.2. The van der Waals surface area contributed by atoms with Crippen LogP contribution in [0.5, 0.6) is 0 Å². The number of rotatable bonds is 2. The van der Waals surface area contributed by atoms with Crippen LogP contribution in [0.1, 0.15) is 24.6 Å². The molecule has 100 valence electrons. The number of nitrogens with one attached hydrogen (secondary N) is 2. The molecule has 1 aliphatic rings. The van der Waals surface area contributed by atoms with E-state index in [4.69, 9.17) is 11.6 Å². The lowest BCUT2D eigenvalue weighted by Crippen LogP contribution is -2.29. The number of aromatic nitrogens is 3. The molecule has 0 spiro atoms. The fourth-order valence-corrected chi connectivity index (χ4v) is 2.63. The van der Waals surface area contributed by atoms with Gasteiger partial charge in [-0.25, -0.2) is 14.5 Å². The maximum atomic E-state index is 12.0. The van der Waals surface area contributed by atoms with Crippen molar-refractivity contribution >= 4 is 11.6 Å². The summed E-state index contributed by atoms with van der Waals surface area (Å²) in [5.41, 5.74) is 0.604. The van der Waals surface area contributed by atoms with Gasteiger partial charge >= 0.3 is 5.69 Å². The SMILES string of the molecule is O=c1[nH]nc(C2CCNCC2)n1-c1ccc(Cl)cc1. The van der Waals surface area contributed by atoms with E-state index in [0.29, 0.717) is 10.9 Å². The predicted molar refractivity (Wildman–Crippen MR) is 74.0 cm³/mol. The fraction of sp³-hybridized carbons (Fsp3) is 0.385. The van der Waals surface area contributed by atoms with Crippen LogP contribution >= 0.6 is 11.6 Å². The lowest BCUT2D eigenvalue weighted by atomic mass is 9.97. The van der Waals surface area contributed by atoms with E-state index in [1.165, 1.54) is 0 Å². The lowest BCUT2D eigenvalue weighted by molar-refractivity contribution is 0.440. The van der Waals surface area contributed by atoms with Gasteiger partial charge in [0.2, 0.25) is 0 Å². The molecule has 1 aromatic carbocycles. The second-order valence-corrected chi connectivity index (χ2v) is 5.16. The van der Waals surface area contributed by atoms with Crippen LogP contribution in [-0.4, -0.2) is 27.9 Å². The summed E-state index contributed by atoms with van der Waals surface area (Å²) in [5.74, 6) is 1.13. The van der Waals surface area contributed by atoms with Gasteiger partial charge in [0, 0.05) is 10.9 Å². The maximum absolute atomic E-state index is 12.0. The molecule has 3 rings (SSSR count). The molecule has 1 aliphatic heterocycles. The van der Waals surface area contributed by atoms with Gasteiger partial charge in [0.1, 0.15) is 5.82 Å². The van der Waals surface area contributed by atoms with Crippen molar-refractivity contribution in [2.75, 3.05) is 13.1 Å². The quantitative estimate of drug-likeness (QED) is 0.879. The average molecular weight is 279 g/mol. The summed E-state index contributed by atoms with van der Waals surface area (Å²) in [6, 6.07) is 7.23. The molecule has 0 radical (unpaired) electrons. The molecule has 1 saturated heterocycles. The van der Waals surface area contributed by atoms with Crippen LogP contribution in [0.2, 0.25) is 5.02 Å². The van der Waals surface area contributed by atoms with E-state index in [-0.39, 0.29) is 5.69 Å². The summed E-state index contributed by atoms with van der Waals surface area (Å²) in [7, 11) is 0. The number of nitrogens with zero attached hydrogens (tertiary/aromatic N) is 2. The Kier molecular flexibility index (Phi) is 3.40. The van der Waals surface area contributed by atoms with Crippen molar-refractivity contribution in [3.05, 3.63) is 45.6 Å². The Morgan fingerprint density at radius 3 is 2.58 bits per heavy atom. The average Bonchev–Trinajstić information content (AvgIpc) is 2.83. The van der Waals surface area contributed by atoms with Gasteiger partial charge in [-0.05, 0) is 50.2 Å². The van der Waals surface area contributed by atoms with E-state index in [1.807, 2.05) is 12.1 Å². The van der Waals surface area contributed by atoms with Crippen LogP contribution in [0, 0.1) is 0 Å². The topological polar surface area (TPSA) is 62.7 Å². The minimum Gasteiger partial charge on any atom is -0.317 e. The molecular formula is C13H15ClN4O. The van der Waals surface area contributed by atoms with Gasteiger partial charge in [0.05, 0.1) is 5.69 Å². The van der Waals surface area contributed by atoms with Crippen molar-refractivity contribution in [1.82, 2.24) is 20.1 Å². The molecule has 0 atom stereocenters. The molecule has 5 nitrogen and oxygen atoms in total. The van der Waals surface area contributed by atoms with E-state index in [9.17, 15) is 4.79 Å². The van der Waals surface area contributed by atoms with E-state index >= 15 is 0 Å². The van der Waals surface area contributed by atoms with Crippen LogP contribution in [0.15, 0.2) is 29.1 Å². The number of piperidine rings is 1. The van der Waals surface area contributed by atoms with E-state index in [2.05, 4.69) is 15.5 Å². The summed E-state index contributed by atoms with van der Waals surface area (Å²) in [6.07, 6.45) is 2.00. The zero-order chi connectivity index (χ0) is 13.2. The Labute approximate surface area is 115 Å². The molecule has 6 heteroatoms. The third kappa shape index (κ3) is 2.43. The highest BCUT2D eigenvalue weighted by Crippen LogP contribution is 2.24. The van der Waals surface area contributed by atoms with Gasteiger partial charge in [-0.3, -0.25) is 0 Å². The Morgan fingerprint density at radius 1 is 1.21 bits per heavy atom. The van der Waals surface area contributed by atoms with Crippen molar-refractivity contribution in [2.45, 2.75) is 18.8 Å². The van der Waals surface area contributed by atoms with Gasteiger partial charge < -0.3 is 5.32 Å². The number of aromatic amines is 1. The smallest absolute Gasteiger partial charge is 0.317 e. The molecule has 0 saturated carbocycles. The van der Waals surface area contributed by atoms with Gasteiger partial charge in [-0.2, -0.15) is 5.10 Å². The molecule has 19 heavy (non-hydrogen) atoms. The normalized spacial score (nSPS) is 16.7. The van der Waals surface area contributed by atoms with E-state index in [0.717, 1.165) is 37.4 Å². The van der Waals surface area contributed by atoms with Crippen LogP contribution in [-0.2, 0) is 0 Å². The van der Waals surface area contributed by atoms with Crippen molar-refractivity contribution < 1.29 is 0 Å². The Hall–Kier alpha value is -1.59. The number of H-pyrrole nitrogens is 1. The highest BCUT2D eigenvalue weighted by Gasteiger charge is 2.22. The van der Waals surface area contributed by atoms with Crippen molar-refractivity contribution in [1.29, 1.82) is 0 Å². The van der Waals surface area contributed by atoms with Crippen LogP contribution in [0.25, 0.3) is 5.69 Å². The van der Waals surface area contributed by atoms with E-state index in [1.54, 1.807) is 16.7 Å². The van der Waals surface area contributed by atoms with Crippen molar-refractivity contribution in [3.63, 3.8) is 0 Å². The predicted octanol–water partition coefficient (Wildman–Crippen LogP) is 1.68. The number of hydrogen-bond acceptors (Lipinski definition) is 3. The summed E-state index contributed by atoms with van der Waals surface area (Å²) < 4.78 is 1.65. The summed E-state index contributed by atoms with van der Waals surface area (Å²) in [5, 5.41) is 10.7. The first kappa shape index (κ1) is 12.4. The third-order valence-corrected chi connectivity index (χ3v) is 3.74. The highest BCUT2D eigenvalue weighted by molar-refractivity contribution is 6.30. The molecule has 2 aromatic rings. The lowest BCUT2D eigenvalue weighted by Gasteiger charge is -2.22. The maximum Gasteiger partial charge on any atom is 0.347 e.